The molecule has 1 aliphatic rings. The van der Waals surface area contributed by atoms with Gasteiger partial charge in [-0.2, -0.15) is 0 Å². The Balaban J connectivity index is 1.96. The van der Waals surface area contributed by atoms with Crippen LogP contribution in [0.15, 0.2) is 18.2 Å². The van der Waals surface area contributed by atoms with Crippen molar-refractivity contribution in [2.75, 3.05) is 12.3 Å². The van der Waals surface area contributed by atoms with Gasteiger partial charge < -0.3 is 15.0 Å². The Morgan fingerprint density at radius 1 is 1.50 bits per heavy atom. The average Bonchev–Trinajstić information content (AvgIpc) is 3.27. The standard InChI is InChI=1S/C17H23N3O2/c1-3-4-10-22-17(21)11(2)20-14-7-5-6-13(18)15(14)19-16(20)12-8-9-12/h5-7,11-12H,3-4,8-10,18H2,1-2H3. The zero-order chi connectivity index (χ0) is 15.7. The summed E-state index contributed by atoms with van der Waals surface area (Å²) in [4.78, 5) is 17.0. The minimum Gasteiger partial charge on any atom is -0.464 e. The summed E-state index contributed by atoms with van der Waals surface area (Å²) >= 11 is 0. The Hall–Kier alpha value is -2.04. The lowest BCUT2D eigenvalue weighted by molar-refractivity contribution is -0.147. The Morgan fingerprint density at radius 3 is 2.95 bits per heavy atom. The van der Waals surface area contributed by atoms with Crippen LogP contribution in [-0.4, -0.2) is 22.1 Å². The lowest BCUT2D eigenvalue weighted by Crippen LogP contribution is -2.21. The number of nitrogen functional groups attached to an aromatic ring is 1. The van der Waals surface area contributed by atoms with Crippen LogP contribution in [-0.2, 0) is 9.53 Å². The van der Waals surface area contributed by atoms with Gasteiger partial charge in [0.1, 0.15) is 17.4 Å². The fourth-order valence-electron chi connectivity index (χ4n) is 2.74. The van der Waals surface area contributed by atoms with Crippen molar-refractivity contribution in [2.24, 2.45) is 0 Å². The number of aromatic nitrogens is 2. The molecule has 1 aliphatic carbocycles. The Kier molecular flexibility index (Phi) is 4.05. The van der Waals surface area contributed by atoms with E-state index in [9.17, 15) is 4.79 Å². The highest BCUT2D eigenvalue weighted by Crippen LogP contribution is 2.42. The number of para-hydroxylation sites is 1. The number of hydrogen-bond acceptors (Lipinski definition) is 4. The SMILES string of the molecule is CCCCOC(=O)C(C)n1c(C2CC2)nc2c(N)cccc21. The predicted octanol–water partition coefficient (Wildman–Crippen LogP) is 3.40. The van der Waals surface area contributed by atoms with Crippen molar-refractivity contribution >= 4 is 22.7 Å². The summed E-state index contributed by atoms with van der Waals surface area (Å²) in [6.07, 6.45) is 4.16. The van der Waals surface area contributed by atoms with Gasteiger partial charge in [-0.1, -0.05) is 19.4 Å². The number of rotatable bonds is 6. The van der Waals surface area contributed by atoms with Crippen LogP contribution in [0.3, 0.4) is 0 Å². The molecule has 1 aromatic heterocycles. The highest BCUT2D eigenvalue weighted by molar-refractivity contribution is 5.89. The third-order valence-electron chi connectivity index (χ3n) is 4.19. The van der Waals surface area contributed by atoms with Crippen molar-refractivity contribution in [1.82, 2.24) is 9.55 Å². The van der Waals surface area contributed by atoms with E-state index < -0.39 is 0 Å². The van der Waals surface area contributed by atoms with Gasteiger partial charge in [0.05, 0.1) is 17.8 Å². The zero-order valence-electron chi connectivity index (χ0n) is 13.2. The Labute approximate surface area is 130 Å². The van der Waals surface area contributed by atoms with Gasteiger partial charge in [-0.25, -0.2) is 9.78 Å². The van der Waals surface area contributed by atoms with Crippen LogP contribution < -0.4 is 5.73 Å². The molecular weight excluding hydrogens is 278 g/mol. The second kappa shape index (κ2) is 5.99. The predicted molar refractivity (Wildman–Crippen MR) is 86.7 cm³/mol. The number of fused-ring (bicyclic) bond motifs is 1. The fraction of sp³-hybridized carbons (Fsp3) is 0.529. The van der Waals surface area contributed by atoms with Crippen LogP contribution in [0.25, 0.3) is 11.0 Å². The van der Waals surface area contributed by atoms with Gasteiger partial charge >= 0.3 is 5.97 Å². The molecule has 22 heavy (non-hydrogen) atoms. The van der Waals surface area contributed by atoms with Crippen LogP contribution >= 0.6 is 0 Å². The lowest BCUT2D eigenvalue weighted by atomic mass is 10.2. The molecule has 0 saturated heterocycles. The number of ether oxygens (including phenoxy) is 1. The maximum atomic E-state index is 12.3. The highest BCUT2D eigenvalue weighted by atomic mass is 16.5. The van der Waals surface area contributed by atoms with Gasteiger partial charge in [-0.05, 0) is 38.3 Å². The molecule has 5 heteroatoms. The number of nitrogens with zero attached hydrogens (tertiary/aromatic N) is 2. The summed E-state index contributed by atoms with van der Waals surface area (Å²) in [5.41, 5.74) is 8.41. The molecule has 1 aromatic carbocycles. The van der Waals surface area contributed by atoms with Crippen molar-refractivity contribution in [2.45, 2.75) is 51.5 Å². The maximum absolute atomic E-state index is 12.3. The first-order valence-corrected chi connectivity index (χ1v) is 8.06. The van der Waals surface area contributed by atoms with E-state index in [1.54, 1.807) is 0 Å². The van der Waals surface area contributed by atoms with E-state index in [1.807, 2.05) is 29.7 Å². The minimum atomic E-state index is -0.376. The smallest absolute Gasteiger partial charge is 0.328 e. The molecule has 1 fully saturated rings. The molecule has 0 bridgehead atoms. The van der Waals surface area contributed by atoms with E-state index in [2.05, 4.69) is 6.92 Å². The Bertz CT molecular complexity index is 689. The molecule has 2 aromatic rings. The van der Waals surface area contributed by atoms with E-state index in [-0.39, 0.29) is 12.0 Å². The van der Waals surface area contributed by atoms with Crippen LogP contribution in [0.4, 0.5) is 5.69 Å². The summed E-state index contributed by atoms with van der Waals surface area (Å²) < 4.78 is 7.40. The van der Waals surface area contributed by atoms with Gasteiger partial charge in [-0.3, -0.25) is 0 Å². The van der Waals surface area contributed by atoms with Crippen molar-refractivity contribution < 1.29 is 9.53 Å². The molecule has 0 amide bonds. The first-order chi connectivity index (χ1) is 10.6. The number of imidazole rings is 1. The van der Waals surface area contributed by atoms with Crippen molar-refractivity contribution in [3.63, 3.8) is 0 Å². The molecule has 0 spiro atoms. The number of esters is 1. The third-order valence-corrected chi connectivity index (χ3v) is 4.19. The van der Waals surface area contributed by atoms with Gasteiger partial charge in [0.15, 0.2) is 0 Å². The number of hydrogen-bond donors (Lipinski definition) is 1. The van der Waals surface area contributed by atoms with Gasteiger partial charge in [0.2, 0.25) is 0 Å². The number of carbonyl (C=O) groups is 1. The molecule has 0 aliphatic heterocycles. The van der Waals surface area contributed by atoms with Crippen LogP contribution in [0, 0.1) is 0 Å². The van der Waals surface area contributed by atoms with E-state index in [1.165, 1.54) is 0 Å². The lowest BCUT2D eigenvalue weighted by Gasteiger charge is -2.16. The van der Waals surface area contributed by atoms with Gasteiger partial charge in [0, 0.05) is 5.92 Å². The molecule has 2 N–H and O–H groups in total. The van der Waals surface area contributed by atoms with Gasteiger partial charge in [-0.15, -0.1) is 0 Å². The second-order valence-electron chi connectivity index (χ2n) is 6.03. The van der Waals surface area contributed by atoms with Crippen LogP contribution in [0.2, 0.25) is 0 Å². The van der Waals surface area contributed by atoms with Crippen LogP contribution in [0.1, 0.15) is 57.3 Å². The number of nitrogens with two attached hydrogens (primary N) is 1. The monoisotopic (exact) mass is 301 g/mol. The minimum absolute atomic E-state index is 0.197. The first-order valence-electron chi connectivity index (χ1n) is 8.06. The first kappa shape index (κ1) is 14.9. The zero-order valence-corrected chi connectivity index (χ0v) is 13.2. The Morgan fingerprint density at radius 2 is 2.27 bits per heavy atom. The van der Waals surface area contributed by atoms with E-state index in [0.29, 0.717) is 18.2 Å². The van der Waals surface area contributed by atoms with E-state index in [0.717, 1.165) is 42.5 Å². The summed E-state index contributed by atoms with van der Waals surface area (Å²) in [7, 11) is 0. The molecule has 1 atom stereocenters. The largest absolute Gasteiger partial charge is 0.464 e. The van der Waals surface area contributed by atoms with E-state index >= 15 is 0 Å². The van der Waals surface area contributed by atoms with Crippen molar-refractivity contribution in [3.05, 3.63) is 24.0 Å². The normalized spacial score (nSPS) is 15.9. The van der Waals surface area contributed by atoms with Crippen LogP contribution in [0.5, 0.6) is 0 Å². The molecule has 3 rings (SSSR count). The van der Waals surface area contributed by atoms with Crippen molar-refractivity contribution in [1.29, 1.82) is 0 Å². The van der Waals surface area contributed by atoms with E-state index in [4.69, 9.17) is 15.5 Å². The maximum Gasteiger partial charge on any atom is 0.328 e. The summed E-state index contributed by atoms with van der Waals surface area (Å²) in [5, 5.41) is 0. The molecule has 0 radical (unpaired) electrons. The topological polar surface area (TPSA) is 70.1 Å². The second-order valence-corrected chi connectivity index (χ2v) is 6.03. The number of benzene rings is 1. The molecule has 5 nitrogen and oxygen atoms in total. The molecule has 1 heterocycles. The average molecular weight is 301 g/mol. The number of unbranched alkanes of at least 4 members (excludes halogenated alkanes) is 1. The molecular formula is C17H23N3O2. The van der Waals surface area contributed by atoms with Gasteiger partial charge in [0.25, 0.3) is 0 Å². The third kappa shape index (κ3) is 2.67. The summed E-state index contributed by atoms with van der Waals surface area (Å²) in [6.45, 7) is 4.44. The summed E-state index contributed by atoms with van der Waals surface area (Å²) in [5.74, 6) is 1.21. The molecule has 1 unspecified atom stereocenters. The number of anilines is 1. The molecule has 118 valence electrons. The number of carbonyl (C=O) groups excluding carboxylic acids is 1. The summed E-state index contributed by atoms with van der Waals surface area (Å²) in [6, 6.07) is 5.35. The van der Waals surface area contributed by atoms with Crippen molar-refractivity contribution in [3.8, 4) is 0 Å². The highest BCUT2D eigenvalue weighted by Gasteiger charge is 2.33. The quantitative estimate of drug-likeness (QED) is 0.504. The molecule has 1 saturated carbocycles. The fourth-order valence-corrected chi connectivity index (χ4v) is 2.74.